The van der Waals surface area contributed by atoms with Crippen molar-refractivity contribution in [2.45, 2.75) is 19.3 Å². The fourth-order valence-corrected chi connectivity index (χ4v) is 2.39. The van der Waals surface area contributed by atoms with Crippen molar-refractivity contribution in [3.63, 3.8) is 0 Å². The number of fused-ring (bicyclic) bond motifs is 1. The van der Waals surface area contributed by atoms with Gasteiger partial charge in [-0.1, -0.05) is 6.42 Å². The minimum absolute atomic E-state index is 0.203. The van der Waals surface area contributed by atoms with Crippen LogP contribution in [0.3, 0.4) is 0 Å². The minimum Gasteiger partial charge on any atom is -0.304 e. The highest BCUT2D eigenvalue weighted by molar-refractivity contribution is 6.52. The molecule has 0 N–H and O–H groups in total. The molecule has 0 unspecified atom stereocenters. The maximum atomic E-state index is 13.0. The molecule has 0 radical (unpaired) electrons. The van der Waals surface area contributed by atoms with Crippen molar-refractivity contribution in [2.24, 2.45) is 5.92 Å². The van der Waals surface area contributed by atoms with Crippen LogP contribution in [0.1, 0.15) is 29.6 Å². The highest BCUT2D eigenvalue weighted by Crippen LogP contribution is 2.34. The Bertz CT molecular complexity index is 508. The van der Waals surface area contributed by atoms with E-state index in [1.54, 1.807) is 0 Å². The van der Waals surface area contributed by atoms with Crippen molar-refractivity contribution < 1.29 is 14.0 Å². The highest BCUT2D eigenvalue weighted by Gasteiger charge is 2.37. The molecule has 1 heterocycles. The Labute approximate surface area is 98.2 Å². The molecular weight excluding hydrogens is 221 g/mol. The molecule has 1 aliphatic heterocycles. The first kappa shape index (κ1) is 10.4. The van der Waals surface area contributed by atoms with E-state index in [-0.39, 0.29) is 5.56 Å². The third-order valence-electron chi connectivity index (χ3n) is 3.60. The summed E-state index contributed by atoms with van der Waals surface area (Å²) in [5.74, 6) is -1.09. The average molecular weight is 233 g/mol. The van der Waals surface area contributed by atoms with E-state index in [1.165, 1.54) is 23.5 Å². The summed E-state index contributed by atoms with van der Waals surface area (Å²) in [6, 6.07) is 3.96. The lowest BCUT2D eigenvalue weighted by Gasteiger charge is -2.29. The molecule has 0 spiro atoms. The Morgan fingerprint density at radius 1 is 1.29 bits per heavy atom. The second-order valence-corrected chi connectivity index (χ2v) is 4.70. The van der Waals surface area contributed by atoms with Crippen LogP contribution in [0.15, 0.2) is 18.2 Å². The zero-order chi connectivity index (χ0) is 12.0. The summed E-state index contributed by atoms with van der Waals surface area (Å²) in [5.41, 5.74) is 0.766. The topological polar surface area (TPSA) is 37.4 Å². The number of amides is 1. The molecule has 4 heteroatoms. The number of rotatable bonds is 2. The number of halogens is 1. The summed E-state index contributed by atoms with van der Waals surface area (Å²) in [5, 5.41) is 0. The van der Waals surface area contributed by atoms with E-state index in [1.807, 2.05) is 0 Å². The third-order valence-corrected chi connectivity index (χ3v) is 3.60. The second-order valence-electron chi connectivity index (χ2n) is 4.70. The Morgan fingerprint density at radius 3 is 2.71 bits per heavy atom. The largest absolute Gasteiger partial charge is 0.304 e. The first-order valence-corrected chi connectivity index (χ1v) is 5.82. The van der Waals surface area contributed by atoms with Crippen molar-refractivity contribution in [3.05, 3.63) is 29.6 Å². The van der Waals surface area contributed by atoms with Crippen LogP contribution in [0, 0.1) is 11.7 Å². The second kappa shape index (κ2) is 3.65. The van der Waals surface area contributed by atoms with Gasteiger partial charge >= 0.3 is 0 Å². The SMILES string of the molecule is O=C1C(=O)N(CC2CCC2)c2ccc(F)cc21. The number of carbonyl (C=O) groups excluding carboxylic acids is 2. The van der Waals surface area contributed by atoms with Gasteiger partial charge in [0.2, 0.25) is 0 Å². The van der Waals surface area contributed by atoms with Crippen molar-refractivity contribution in [2.75, 3.05) is 11.4 Å². The number of nitrogens with zero attached hydrogens (tertiary/aromatic N) is 1. The number of benzene rings is 1. The summed E-state index contributed by atoms with van der Waals surface area (Å²) in [4.78, 5) is 25.0. The van der Waals surface area contributed by atoms with E-state index in [9.17, 15) is 14.0 Å². The van der Waals surface area contributed by atoms with Crippen LogP contribution < -0.4 is 4.90 Å². The van der Waals surface area contributed by atoms with Gasteiger partial charge in [-0.15, -0.1) is 0 Å². The van der Waals surface area contributed by atoms with Gasteiger partial charge in [0.15, 0.2) is 0 Å². The van der Waals surface area contributed by atoms with Gasteiger partial charge in [0, 0.05) is 6.54 Å². The van der Waals surface area contributed by atoms with Crippen molar-refractivity contribution in [1.82, 2.24) is 0 Å². The van der Waals surface area contributed by atoms with E-state index in [0.29, 0.717) is 18.2 Å². The molecule has 3 nitrogen and oxygen atoms in total. The maximum absolute atomic E-state index is 13.0. The van der Waals surface area contributed by atoms with Gasteiger partial charge in [0.25, 0.3) is 11.7 Å². The maximum Gasteiger partial charge on any atom is 0.299 e. The number of hydrogen-bond acceptors (Lipinski definition) is 2. The zero-order valence-electron chi connectivity index (χ0n) is 9.28. The van der Waals surface area contributed by atoms with Gasteiger partial charge in [0.05, 0.1) is 11.3 Å². The summed E-state index contributed by atoms with van der Waals surface area (Å²) in [6.45, 7) is 0.587. The minimum atomic E-state index is -0.584. The average Bonchev–Trinajstić information content (AvgIpc) is 2.48. The van der Waals surface area contributed by atoms with Crippen LogP contribution in [-0.2, 0) is 4.79 Å². The molecule has 0 atom stereocenters. The predicted octanol–water partition coefficient (Wildman–Crippen LogP) is 2.16. The van der Waals surface area contributed by atoms with Gasteiger partial charge in [-0.3, -0.25) is 9.59 Å². The third kappa shape index (κ3) is 1.55. The van der Waals surface area contributed by atoms with E-state index in [4.69, 9.17) is 0 Å². The smallest absolute Gasteiger partial charge is 0.299 e. The van der Waals surface area contributed by atoms with Crippen molar-refractivity contribution in [1.29, 1.82) is 0 Å². The van der Waals surface area contributed by atoms with Crippen LogP contribution in [0.25, 0.3) is 0 Å². The van der Waals surface area contributed by atoms with Crippen LogP contribution in [0.4, 0.5) is 10.1 Å². The summed E-state index contributed by atoms with van der Waals surface area (Å²) < 4.78 is 13.0. The quantitative estimate of drug-likeness (QED) is 0.734. The summed E-state index contributed by atoms with van der Waals surface area (Å²) in [6.07, 6.45) is 3.40. The molecule has 1 aliphatic carbocycles. The van der Waals surface area contributed by atoms with Crippen LogP contribution in [-0.4, -0.2) is 18.2 Å². The molecule has 2 aliphatic rings. The Kier molecular flexibility index (Phi) is 2.24. The molecule has 17 heavy (non-hydrogen) atoms. The van der Waals surface area contributed by atoms with Gasteiger partial charge in [-0.25, -0.2) is 4.39 Å². The lowest BCUT2D eigenvalue weighted by atomic mass is 9.85. The van der Waals surface area contributed by atoms with Crippen LogP contribution >= 0.6 is 0 Å². The van der Waals surface area contributed by atoms with Gasteiger partial charge in [-0.2, -0.15) is 0 Å². The monoisotopic (exact) mass is 233 g/mol. The Hall–Kier alpha value is -1.71. The molecule has 3 rings (SSSR count). The zero-order valence-corrected chi connectivity index (χ0v) is 9.28. The molecule has 1 saturated carbocycles. The standard InChI is InChI=1S/C13H12FNO2/c14-9-4-5-11-10(6-9)12(16)13(17)15(11)7-8-2-1-3-8/h4-6,8H,1-3,7H2. The van der Waals surface area contributed by atoms with Crippen LogP contribution in [0.2, 0.25) is 0 Å². The fraction of sp³-hybridized carbons (Fsp3) is 0.385. The number of hydrogen-bond donors (Lipinski definition) is 0. The summed E-state index contributed by atoms with van der Waals surface area (Å²) >= 11 is 0. The van der Waals surface area contributed by atoms with Crippen molar-refractivity contribution in [3.8, 4) is 0 Å². The summed E-state index contributed by atoms with van der Waals surface area (Å²) in [7, 11) is 0. The van der Waals surface area contributed by atoms with E-state index >= 15 is 0 Å². The number of carbonyl (C=O) groups is 2. The lowest BCUT2D eigenvalue weighted by molar-refractivity contribution is -0.114. The fourth-order valence-electron chi connectivity index (χ4n) is 2.39. The van der Waals surface area contributed by atoms with E-state index in [2.05, 4.69) is 0 Å². The van der Waals surface area contributed by atoms with Gasteiger partial charge in [0.1, 0.15) is 5.82 Å². The van der Waals surface area contributed by atoms with Gasteiger partial charge < -0.3 is 4.90 Å². The van der Waals surface area contributed by atoms with E-state index in [0.717, 1.165) is 18.9 Å². The number of anilines is 1. The molecule has 0 aromatic heterocycles. The molecule has 1 fully saturated rings. The predicted molar refractivity (Wildman–Crippen MR) is 60.4 cm³/mol. The molecule has 1 aromatic rings. The van der Waals surface area contributed by atoms with E-state index < -0.39 is 17.5 Å². The Balaban J connectivity index is 1.95. The molecular formula is C13H12FNO2. The van der Waals surface area contributed by atoms with Crippen molar-refractivity contribution >= 4 is 17.4 Å². The lowest BCUT2D eigenvalue weighted by Crippen LogP contribution is -2.36. The van der Waals surface area contributed by atoms with Crippen LogP contribution in [0.5, 0.6) is 0 Å². The molecule has 0 bridgehead atoms. The number of Topliss-reactive ketones (excluding diaryl/α,β-unsaturated/α-hetero) is 1. The highest BCUT2D eigenvalue weighted by atomic mass is 19.1. The molecule has 1 aromatic carbocycles. The first-order chi connectivity index (χ1) is 8.16. The molecule has 88 valence electrons. The van der Waals surface area contributed by atoms with Gasteiger partial charge in [-0.05, 0) is 37.0 Å². The molecule has 1 amide bonds. The first-order valence-electron chi connectivity index (χ1n) is 5.82. The normalized spacial score (nSPS) is 19.5. The Morgan fingerprint density at radius 2 is 2.06 bits per heavy atom. The number of ketones is 1. The molecule has 0 saturated heterocycles.